The minimum Gasteiger partial charge on any atom is -0.495 e. The van der Waals surface area contributed by atoms with Gasteiger partial charge in [0.15, 0.2) is 11.0 Å². The Balaban J connectivity index is 1.18. The van der Waals surface area contributed by atoms with E-state index in [0.717, 1.165) is 40.2 Å². The summed E-state index contributed by atoms with van der Waals surface area (Å²) in [6, 6.07) is 25.6. The second-order valence-corrected chi connectivity index (χ2v) is 11.4. The molecule has 0 N–H and O–H groups in total. The number of rotatable bonds is 10. The van der Waals surface area contributed by atoms with Gasteiger partial charge >= 0.3 is 0 Å². The third-order valence-electron chi connectivity index (χ3n) is 7.61. The third-order valence-corrected chi connectivity index (χ3v) is 8.62. The Morgan fingerprint density at radius 3 is 2.40 bits per heavy atom. The molecule has 2 heterocycles. The van der Waals surface area contributed by atoms with Crippen molar-refractivity contribution >= 4 is 23.6 Å². The highest BCUT2D eigenvalue weighted by atomic mass is 32.2. The van der Waals surface area contributed by atoms with Gasteiger partial charge in [-0.2, -0.15) is 0 Å². The Morgan fingerprint density at radius 2 is 1.69 bits per heavy atom. The first-order valence-electron chi connectivity index (χ1n) is 14.4. The molecule has 2 amide bonds. The first-order chi connectivity index (χ1) is 20.5. The number of methoxy groups -OCH3 is 1. The number of thioether (sulfide) groups is 1. The average Bonchev–Trinajstić information content (AvgIpc) is 3.46. The number of aryl methyl sites for hydroxylation is 1. The fourth-order valence-corrected chi connectivity index (χ4v) is 6.13. The number of piperazine rings is 1. The summed E-state index contributed by atoms with van der Waals surface area (Å²) in [5.74, 6) is 2.34. The molecule has 0 radical (unpaired) electrons. The lowest BCUT2D eigenvalue weighted by Crippen LogP contribution is -2.55. The molecule has 3 aromatic carbocycles. The number of carbonyl (C=O) groups is 2. The fraction of sp³-hybridized carbons (Fsp3) is 0.333. The van der Waals surface area contributed by atoms with E-state index in [9.17, 15) is 9.59 Å². The first-order valence-corrected chi connectivity index (χ1v) is 15.4. The van der Waals surface area contributed by atoms with Crippen LogP contribution in [-0.4, -0.2) is 74.9 Å². The summed E-state index contributed by atoms with van der Waals surface area (Å²) in [7, 11) is 1.66. The standard InChI is InChI=1S/C33H37N5O3S/c1-4-25-16-18-27(19-17-25)32(40)37-21-20-36(23-24(37)2)30(39)15-10-22-42-33-35-34-31(26-11-6-5-7-12-26)38(33)28-13-8-9-14-29(28)41-3/h5-9,11-14,16-19,24H,4,10,15,20-23H2,1-3H3. The van der Waals surface area contributed by atoms with Crippen LogP contribution in [0.15, 0.2) is 84.0 Å². The minimum absolute atomic E-state index is 0.0303. The van der Waals surface area contributed by atoms with Crippen LogP contribution in [0.5, 0.6) is 5.75 Å². The van der Waals surface area contributed by atoms with Gasteiger partial charge in [0.1, 0.15) is 5.75 Å². The van der Waals surface area contributed by atoms with Crippen LogP contribution in [0.4, 0.5) is 0 Å². The summed E-state index contributed by atoms with van der Waals surface area (Å²) in [5.41, 5.74) is 3.74. The van der Waals surface area contributed by atoms with E-state index in [1.807, 2.05) is 100 Å². The SMILES string of the molecule is CCc1ccc(C(=O)N2CCN(C(=O)CCCSc3nnc(-c4ccccc4)n3-c3ccccc3OC)CC2C)cc1. The van der Waals surface area contributed by atoms with Crippen molar-refractivity contribution < 1.29 is 14.3 Å². The van der Waals surface area contributed by atoms with Gasteiger partial charge in [0.25, 0.3) is 5.91 Å². The van der Waals surface area contributed by atoms with Crippen LogP contribution >= 0.6 is 11.8 Å². The summed E-state index contributed by atoms with van der Waals surface area (Å²) < 4.78 is 7.67. The van der Waals surface area contributed by atoms with Gasteiger partial charge in [0.05, 0.1) is 12.8 Å². The van der Waals surface area contributed by atoms with E-state index < -0.39 is 0 Å². The summed E-state index contributed by atoms with van der Waals surface area (Å²) in [6.07, 6.45) is 2.10. The maximum absolute atomic E-state index is 13.1. The predicted octanol–water partition coefficient (Wildman–Crippen LogP) is 5.75. The number of hydrogen-bond acceptors (Lipinski definition) is 6. The van der Waals surface area contributed by atoms with E-state index in [1.165, 1.54) is 5.56 Å². The molecule has 5 rings (SSSR count). The molecule has 1 unspecified atom stereocenters. The number of hydrogen-bond donors (Lipinski definition) is 0. The molecule has 1 aliphatic rings. The van der Waals surface area contributed by atoms with E-state index in [-0.39, 0.29) is 17.9 Å². The van der Waals surface area contributed by atoms with Crippen molar-refractivity contribution in [2.24, 2.45) is 0 Å². The maximum atomic E-state index is 13.1. The maximum Gasteiger partial charge on any atom is 0.254 e. The van der Waals surface area contributed by atoms with Gasteiger partial charge in [-0.3, -0.25) is 14.2 Å². The molecule has 218 valence electrons. The Hall–Kier alpha value is -4.11. The summed E-state index contributed by atoms with van der Waals surface area (Å²) >= 11 is 1.58. The van der Waals surface area contributed by atoms with E-state index >= 15 is 0 Å². The van der Waals surface area contributed by atoms with Crippen LogP contribution in [0, 0.1) is 0 Å². The van der Waals surface area contributed by atoms with Gasteiger partial charge in [-0.1, -0.05) is 73.3 Å². The second-order valence-electron chi connectivity index (χ2n) is 10.4. The van der Waals surface area contributed by atoms with Crippen molar-refractivity contribution in [2.45, 2.75) is 44.3 Å². The molecule has 1 saturated heterocycles. The molecule has 1 aliphatic heterocycles. The Bertz CT molecular complexity index is 1510. The molecular formula is C33H37N5O3S. The fourth-order valence-electron chi connectivity index (χ4n) is 5.25. The lowest BCUT2D eigenvalue weighted by atomic mass is 10.1. The highest BCUT2D eigenvalue weighted by Crippen LogP contribution is 2.32. The van der Waals surface area contributed by atoms with Crippen molar-refractivity contribution in [3.05, 3.63) is 90.0 Å². The van der Waals surface area contributed by atoms with Crippen LogP contribution < -0.4 is 4.74 Å². The third kappa shape index (κ3) is 6.51. The lowest BCUT2D eigenvalue weighted by molar-refractivity contribution is -0.133. The Labute approximate surface area is 251 Å². The zero-order chi connectivity index (χ0) is 29.5. The van der Waals surface area contributed by atoms with Gasteiger partial charge < -0.3 is 14.5 Å². The number of carbonyl (C=O) groups excluding carboxylic acids is 2. The first kappa shape index (κ1) is 29.4. The van der Waals surface area contributed by atoms with Gasteiger partial charge in [-0.15, -0.1) is 10.2 Å². The molecule has 1 fully saturated rings. The van der Waals surface area contributed by atoms with Crippen molar-refractivity contribution in [2.75, 3.05) is 32.5 Å². The van der Waals surface area contributed by atoms with Crippen LogP contribution in [0.25, 0.3) is 17.1 Å². The van der Waals surface area contributed by atoms with E-state index in [4.69, 9.17) is 4.74 Å². The molecular weight excluding hydrogens is 546 g/mol. The lowest BCUT2D eigenvalue weighted by Gasteiger charge is -2.40. The van der Waals surface area contributed by atoms with Gasteiger partial charge in [0, 0.05) is 49.0 Å². The van der Waals surface area contributed by atoms with E-state index in [2.05, 4.69) is 17.1 Å². The molecule has 0 saturated carbocycles. The predicted molar refractivity (Wildman–Crippen MR) is 166 cm³/mol. The summed E-state index contributed by atoms with van der Waals surface area (Å²) in [6.45, 7) is 5.76. The second kappa shape index (κ2) is 13.7. The van der Waals surface area contributed by atoms with Gasteiger partial charge in [-0.05, 0) is 49.6 Å². The molecule has 42 heavy (non-hydrogen) atoms. The summed E-state index contributed by atoms with van der Waals surface area (Å²) in [5, 5.41) is 9.77. The van der Waals surface area contributed by atoms with Gasteiger partial charge in [-0.25, -0.2) is 0 Å². The minimum atomic E-state index is -0.0359. The number of amides is 2. The highest BCUT2D eigenvalue weighted by Gasteiger charge is 2.30. The zero-order valence-electron chi connectivity index (χ0n) is 24.4. The van der Waals surface area contributed by atoms with E-state index in [1.54, 1.807) is 18.9 Å². The number of ether oxygens (including phenoxy) is 1. The number of benzene rings is 3. The zero-order valence-corrected chi connectivity index (χ0v) is 25.2. The molecule has 0 aliphatic carbocycles. The summed E-state index contributed by atoms with van der Waals surface area (Å²) in [4.78, 5) is 30.0. The Kier molecular flexibility index (Phi) is 9.59. The van der Waals surface area contributed by atoms with Crippen molar-refractivity contribution in [1.29, 1.82) is 0 Å². The smallest absolute Gasteiger partial charge is 0.254 e. The molecule has 8 nitrogen and oxygen atoms in total. The van der Waals surface area contributed by atoms with Gasteiger partial charge in [0.2, 0.25) is 5.91 Å². The van der Waals surface area contributed by atoms with Crippen LogP contribution in [-0.2, 0) is 11.2 Å². The number of aromatic nitrogens is 3. The Morgan fingerprint density at radius 1 is 0.952 bits per heavy atom. The molecule has 9 heteroatoms. The quantitative estimate of drug-likeness (QED) is 0.175. The largest absolute Gasteiger partial charge is 0.495 e. The molecule has 1 aromatic heterocycles. The number of para-hydroxylation sites is 2. The van der Waals surface area contributed by atoms with Crippen LogP contribution in [0.3, 0.4) is 0 Å². The molecule has 0 bridgehead atoms. The number of nitrogens with zero attached hydrogens (tertiary/aromatic N) is 5. The van der Waals surface area contributed by atoms with Crippen LogP contribution in [0.1, 0.15) is 42.6 Å². The van der Waals surface area contributed by atoms with E-state index in [0.29, 0.717) is 38.0 Å². The highest BCUT2D eigenvalue weighted by molar-refractivity contribution is 7.99. The van der Waals surface area contributed by atoms with Crippen molar-refractivity contribution in [1.82, 2.24) is 24.6 Å². The molecule has 1 atom stereocenters. The topological polar surface area (TPSA) is 80.6 Å². The normalized spacial score (nSPS) is 15.1. The molecule has 4 aromatic rings. The van der Waals surface area contributed by atoms with Crippen molar-refractivity contribution in [3.8, 4) is 22.8 Å². The molecule has 0 spiro atoms. The monoisotopic (exact) mass is 583 g/mol. The van der Waals surface area contributed by atoms with Crippen LogP contribution in [0.2, 0.25) is 0 Å². The van der Waals surface area contributed by atoms with Crippen molar-refractivity contribution in [3.63, 3.8) is 0 Å². The average molecular weight is 584 g/mol.